The molecule has 0 unspecified atom stereocenters. The molecule has 2 rings (SSSR count). The molecule has 0 aromatic carbocycles. The van der Waals surface area contributed by atoms with Crippen molar-refractivity contribution in [1.29, 1.82) is 0 Å². The molecule has 1 saturated carbocycles. The van der Waals surface area contributed by atoms with E-state index in [1.54, 1.807) is 6.92 Å². The van der Waals surface area contributed by atoms with E-state index in [1.165, 1.54) is 4.90 Å². The van der Waals surface area contributed by atoms with Crippen LogP contribution in [0.15, 0.2) is 0 Å². The van der Waals surface area contributed by atoms with Gasteiger partial charge in [-0.25, -0.2) is 4.79 Å². The lowest BCUT2D eigenvalue weighted by atomic mass is 9.82. The number of nitrogens with zero attached hydrogens (tertiary/aromatic N) is 1. The van der Waals surface area contributed by atoms with E-state index in [-0.39, 0.29) is 17.7 Å². The van der Waals surface area contributed by atoms with Crippen LogP contribution in [0.4, 0.5) is 4.79 Å². The summed E-state index contributed by atoms with van der Waals surface area (Å²) in [4.78, 5) is 36.5. The van der Waals surface area contributed by atoms with Crippen LogP contribution in [0.1, 0.15) is 58.3 Å². The number of urea groups is 1. The Balaban J connectivity index is 1.89. The Morgan fingerprint density at radius 2 is 1.89 bits per heavy atom. The first-order valence-electron chi connectivity index (χ1n) is 7.19. The minimum Gasteiger partial charge on any atom is -0.323 e. The van der Waals surface area contributed by atoms with Gasteiger partial charge in [-0.1, -0.05) is 19.3 Å². The van der Waals surface area contributed by atoms with Gasteiger partial charge in [-0.3, -0.25) is 9.69 Å². The van der Waals surface area contributed by atoms with Crippen LogP contribution in [0.5, 0.6) is 0 Å². The Bertz CT molecular complexity index is 386. The van der Waals surface area contributed by atoms with E-state index in [2.05, 4.69) is 5.32 Å². The summed E-state index contributed by atoms with van der Waals surface area (Å²) in [5.41, 5.74) is -0.615. The molecule has 3 amide bonds. The van der Waals surface area contributed by atoms with E-state index >= 15 is 0 Å². The van der Waals surface area contributed by atoms with Crippen LogP contribution in [0.25, 0.3) is 0 Å². The van der Waals surface area contributed by atoms with Crippen LogP contribution in [0.3, 0.4) is 0 Å². The lowest BCUT2D eigenvalue weighted by Crippen LogP contribution is -2.48. The van der Waals surface area contributed by atoms with E-state index in [4.69, 9.17) is 0 Å². The highest BCUT2D eigenvalue weighted by Gasteiger charge is 2.50. The zero-order valence-corrected chi connectivity index (χ0v) is 11.5. The standard InChI is InChI=1S/C14H22N2O3/c1-11(17)7-3-6-10-16-12(18)14(15-13(16)19)8-4-2-5-9-14/h2-10H2,1H3,(H,15,19). The van der Waals surface area contributed by atoms with E-state index in [0.29, 0.717) is 19.4 Å². The molecular formula is C14H22N2O3. The molecule has 0 aromatic rings. The van der Waals surface area contributed by atoms with E-state index in [0.717, 1.165) is 38.5 Å². The Kier molecular flexibility index (Phi) is 4.22. The summed E-state index contributed by atoms with van der Waals surface area (Å²) in [7, 11) is 0. The van der Waals surface area contributed by atoms with Crippen molar-refractivity contribution in [1.82, 2.24) is 10.2 Å². The van der Waals surface area contributed by atoms with Gasteiger partial charge in [-0.15, -0.1) is 0 Å². The third kappa shape index (κ3) is 2.96. The largest absolute Gasteiger partial charge is 0.325 e. The monoisotopic (exact) mass is 266 g/mol. The highest BCUT2D eigenvalue weighted by Crippen LogP contribution is 2.33. The van der Waals surface area contributed by atoms with Crippen LogP contribution in [-0.4, -0.2) is 34.7 Å². The number of unbranched alkanes of at least 4 members (excludes halogenated alkanes) is 1. The van der Waals surface area contributed by atoms with Crippen LogP contribution in [0.2, 0.25) is 0 Å². The second-order valence-electron chi connectivity index (χ2n) is 5.69. The number of hydrogen-bond donors (Lipinski definition) is 1. The molecule has 0 radical (unpaired) electrons. The van der Waals surface area contributed by atoms with Crippen molar-refractivity contribution in [3.63, 3.8) is 0 Å². The summed E-state index contributed by atoms with van der Waals surface area (Å²) in [5, 5.41) is 2.89. The van der Waals surface area contributed by atoms with Crippen molar-refractivity contribution >= 4 is 17.7 Å². The third-order valence-electron chi connectivity index (χ3n) is 4.11. The van der Waals surface area contributed by atoms with Gasteiger partial charge in [-0.2, -0.15) is 0 Å². The zero-order valence-electron chi connectivity index (χ0n) is 11.5. The molecule has 1 N–H and O–H groups in total. The Labute approximate surface area is 113 Å². The van der Waals surface area contributed by atoms with Crippen LogP contribution < -0.4 is 5.32 Å². The lowest BCUT2D eigenvalue weighted by Gasteiger charge is -2.30. The number of carbonyl (C=O) groups excluding carboxylic acids is 3. The zero-order chi connectivity index (χ0) is 13.9. The quantitative estimate of drug-likeness (QED) is 0.611. The van der Waals surface area contributed by atoms with Crippen molar-refractivity contribution in [2.75, 3.05) is 6.54 Å². The first-order chi connectivity index (χ1) is 9.05. The van der Waals surface area contributed by atoms with Crippen molar-refractivity contribution in [3.8, 4) is 0 Å². The molecule has 19 heavy (non-hydrogen) atoms. The summed E-state index contributed by atoms with van der Waals surface area (Å²) in [6.07, 6.45) is 6.64. The van der Waals surface area contributed by atoms with E-state index in [9.17, 15) is 14.4 Å². The molecule has 5 heteroatoms. The van der Waals surface area contributed by atoms with Gasteiger partial charge < -0.3 is 10.1 Å². The Morgan fingerprint density at radius 1 is 1.21 bits per heavy atom. The van der Waals surface area contributed by atoms with Crippen LogP contribution >= 0.6 is 0 Å². The highest BCUT2D eigenvalue weighted by molar-refractivity contribution is 6.07. The average molecular weight is 266 g/mol. The maximum absolute atomic E-state index is 12.4. The van der Waals surface area contributed by atoms with Crippen molar-refractivity contribution < 1.29 is 14.4 Å². The van der Waals surface area contributed by atoms with Gasteiger partial charge in [0.2, 0.25) is 0 Å². The molecule has 0 atom stereocenters. The summed E-state index contributed by atoms with van der Waals surface area (Å²) in [6.45, 7) is 1.99. The Hall–Kier alpha value is -1.39. The fourth-order valence-corrected chi connectivity index (χ4v) is 3.02. The molecule has 1 saturated heterocycles. The van der Waals surface area contributed by atoms with Gasteiger partial charge >= 0.3 is 6.03 Å². The number of amides is 3. The molecule has 1 heterocycles. The average Bonchev–Trinajstić information content (AvgIpc) is 2.59. The number of imide groups is 1. The van der Waals surface area contributed by atoms with Crippen LogP contribution in [0, 0.1) is 0 Å². The number of Topliss-reactive ketones (excluding diaryl/α,β-unsaturated/α-hetero) is 1. The normalized spacial score (nSPS) is 21.8. The first kappa shape index (κ1) is 14.0. The Morgan fingerprint density at radius 3 is 2.53 bits per heavy atom. The topological polar surface area (TPSA) is 66.5 Å². The van der Waals surface area contributed by atoms with Gasteiger partial charge in [0.1, 0.15) is 11.3 Å². The number of nitrogens with one attached hydrogen (secondary N) is 1. The highest BCUT2D eigenvalue weighted by atomic mass is 16.2. The number of hydrogen-bond acceptors (Lipinski definition) is 3. The molecule has 106 valence electrons. The fourth-order valence-electron chi connectivity index (χ4n) is 3.02. The summed E-state index contributed by atoms with van der Waals surface area (Å²) in [5.74, 6) is 0.0981. The van der Waals surface area contributed by atoms with Gasteiger partial charge in [0.05, 0.1) is 0 Å². The number of ketones is 1. The summed E-state index contributed by atoms with van der Waals surface area (Å²) in [6, 6.07) is -0.255. The summed E-state index contributed by atoms with van der Waals surface area (Å²) < 4.78 is 0. The van der Waals surface area contributed by atoms with Gasteiger partial charge in [0.15, 0.2) is 0 Å². The molecule has 1 spiro atoms. The maximum atomic E-state index is 12.4. The van der Waals surface area contributed by atoms with Gasteiger partial charge in [0, 0.05) is 13.0 Å². The van der Waals surface area contributed by atoms with Crippen molar-refractivity contribution in [2.45, 2.75) is 63.8 Å². The SMILES string of the molecule is CC(=O)CCCCN1C(=O)NC2(CCCCC2)C1=O. The van der Waals surface area contributed by atoms with Crippen molar-refractivity contribution in [2.24, 2.45) is 0 Å². The smallest absolute Gasteiger partial charge is 0.323 e. The van der Waals surface area contributed by atoms with Crippen LogP contribution in [-0.2, 0) is 9.59 Å². The molecule has 2 fully saturated rings. The molecule has 5 nitrogen and oxygen atoms in total. The molecule has 1 aliphatic heterocycles. The number of rotatable bonds is 5. The third-order valence-corrected chi connectivity index (χ3v) is 4.11. The number of carbonyl (C=O) groups is 3. The lowest BCUT2D eigenvalue weighted by molar-refractivity contribution is -0.132. The molecule has 2 aliphatic rings. The fraction of sp³-hybridized carbons (Fsp3) is 0.786. The molecule has 0 aromatic heterocycles. The minimum absolute atomic E-state index is 0.0555. The van der Waals surface area contributed by atoms with Crippen molar-refractivity contribution in [3.05, 3.63) is 0 Å². The van der Waals surface area contributed by atoms with Gasteiger partial charge in [-0.05, 0) is 32.6 Å². The van der Waals surface area contributed by atoms with E-state index in [1.807, 2.05) is 0 Å². The second-order valence-corrected chi connectivity index (χ2v) is 5.69. The predicted octanol–water partition coefficient (Wildman–Crippen LogP) is 2.00. The first-order valence-corrected chi connectivity index (χ1v) is 7.19. The predicted molar refractivity (Wildman–Crippen MR) is 70.6 cm³/mol. The molecular weight excluding hydrogens is 244 g/mol. The molecule has 0 bridgehead atoms. The van der Waals surface area contributed by atoms with E-state index < -0.39 is 5.54 Å². The van der Waals surface area contributed by atoms with Gasteiger partial charge in [0.25, 0.3) is 5.91 Å². The molecule has 1 aliphatic carbocycles. The minimum atomic E-state index is -0.615. The second kappa shape index (κ2) is 5.72. The maximum Gasteiger partial charge on any atom is 0.325 e. The summed E-state index contributed by atoms with van der Waals surface area (Å²) >= 11 is 0.